The van der Waals surface area contributed by atoms with Crippen molar-refractivity contribution >= 4 is 5.91 Å². The van der Waals surface area contributed by atoms with Crippen LogP contribution in [0.4, 0.5) is 0 Å². The van der Waals surface area contributed by atoms with Gasteiger partial charge in [-0.25, -0.2) is 0 Å². The van der Waals surface area contributed by atoms with E-state index >= 15 is 0 Å². The van der Waals surface area contributed by atoms with E-state index in [9.17, 15) is 4.79 Å². The Morgan fingerprint density at radius 1 is 0.879 bits per heavy atom. The molecule has 1 saturated heterocycles. The highest BCUT2D eigenvalue weighted by molar-refractivity contribution is 5.87. The Balaban J connectivity index is 1.90. The van der Waals surface area contributed by atoms with Gasteiger partial charge in [-0.05, 0) is 89.7 Å². The number of rotatable bonds is 11. The van der Waals surface area contributed by atoms with E-state index in [1.165, 1.54) is 30.4 Å². The van der Waals surface area contributed by atoms with Gasteiger partial charge < -0.3 is 10.6 Å². The first-order chi connectivity index (χ1) is 15.8. The number of likely N-dealkylation sites (tertiary alicyclic amines) is 1. The van der Waals surface area contributed by atoms with E-state index in [1.807, 2.05) is 6.07 Å². The summed E-state index contributed by atoms with van der Waals surface area (Å²) in [6, 6.07) is 19.8. The van der Waals surface area contributed by atoms with Crippen LogP contribution in [0.15, 0.2) is 54.6 Å². The standard InChI is InChI=1S/C29H43N3O/c1-23(2)32(24(3)4)22-18-29(28(30)33,17-21-31-19-9-6-10-20-31)27-15-13-26(14-16-27)25-11-7-5-8-12-25/h5,7-8,11-16,23-24H,6,9-10,17-22H2,1-4H3,(H2,30,33). The van der Waals surface area contributed by atoms with Crippen LogP contribution >= 0.6 is 0 Å². The molecular formula is C29H43N3O. The Labute approximate surface area is 201 Å². The fraction of sp³-hybridized carbons (Fsp3) is 0.552. The second-order valence-electron chi connectivity index (χ2n) is 10.2. The highest BCUT2D eigenvalue weighted by Crippen LogP contribution is 2.35. The second kappa shape index (κ2) is 11.8. The summed E-state index contributed by atoms with van der Waals surface area (Å²) in [4.78, 5) is 18.2. The Bertz CT molecular complexity index is 848. The van der Waals surface area contributed by atoms with Gasteiger partial charge in [-0.15, -0.1) is 0 Å². The van der Waals surface area contributed by atoms with Crippen LogP contribution in [0.5, 0.6) is 0 Å². The third-order valence-corrected chi connectivity index (χ3v) is 7.44. The predicted molar refractivity (Wildman–Crippen MR) is 139 cm³/mol. The number of piperidine rings is 1. The molecule has 0 saturated carbocycles. The summed E-state index contributed by atoms with van der Waals surface area (Å²) in [5, 5.41) is 0. The van der Waals surface area contributed by atoms with Crippen molar-refractivity contribution in [2.75, 3.05) is 26.2 Å². The maximum absolute atomic E-state index is 13.2. The molecule has 1 unspecified atom stereocenters. The lowest BCUT2D eigenvalue weighted by molar-refractivity contribution is -0.124. The van der Waals surface area contributed by atoms with Crippen molar-refractivity contribution in [2.45, 2.75) is 77.3 Å². The van der Waals surface area contributed by atoms with E-state index in [0.717, 1.165) is 44.6 Å². The molecule has 3 rings (SSSR count). The number of hydrogen-bond donors (Lipinski definition) is 1. The summed E-state index contributed by atoms with van der Waals surface area (Å²) in [5.41, 5.74) is 8.98. The molecule has 0 spiro atoms. The quantitative estimate of drug-likeness (QED) is 0.495. The molecule has 1 aliphatic rings. The van der Waals surface area contributed by atoms with Gasteiger partial charge in [-0.2, -0.15) is 0 Å². The second-order valence-corrected chi connectivity index (χ2v) is 10.2. The zero-order valence-corrected chi connectivity index (χ0v) is 21.1. The topological polar surface area (TPSA) is 49.6 Å². The number of nitrogens with zero attached hydrogens (tertiary/aromatic N) is 2. The van der Waals surface area contributed by atoms with E-state index in [2.05, 4.69) is 86.0 Å². The van der Waals surface area contributed by atoms with Crippen LogP contribution in [-0.4, -0.2) is 54.0 Å². The number of benzene rings is 2. The molecule has 2 aromatic carbocycles. The average Bonchev–Trinajstić information content (AvgIpc) is 2.82. The minimum Gasteiger partial charge on any atom is -0.369 e. The summed E-state index contributed by atoms with van der Waals surface area (Å²) in [7, 11) is 0. The Hall–Kier alpha value is -2.17. The lowest BCUT2D eigenvalue weighted by atomic mass is 9.73. The van der Waals surface area contributed by atoms with Gasteiger partial charge in [0.05, 0.1) is 5.41 Å². The summed E-state index contributed by atoms with van der Waals surface area (Å²) in [6.07, 6.45) is 5.35. The summed E-state index contributed by atoms with van der Waals surface area (Å²) >= 11 is 0. The smallest absolute Gasteiger partial charge is 0.228 e. The van der Waals surface area contributed by atoms with Crippen molar-refractivity contribution in [3.63, 3.8) is 0 Å². The van der Waals surface area contributed by atoms with Gasteiger partial charge in [0, 0.05) is 18.6 Å². The van der Waals surface area contributed by atoms with Gasteiger partial charge in [0.2, 0.25) is 5.91 Å². The van der Waals surface area contributed by atoms with Crippen molar-refractivity contribution in [3.8, 4) is 11.1 Å². The highest BCUT2D eigenvalue weighted by Gasteiger charge is 2.39. The van der Waals surface area contributed by atoms with Gasteiger partial charge in [-0.3, -0.25) is 9.69 Å². The lowest BCUT2D eigenvalue weighted by Gasteiger charge is -2.38. The third kappa shape index (κ3) is 6.45. The first-order valence-electron chi connectivity index (χ1n) is 12.8. The molecule has 0 aliphatic carbocycles. The van der Waals surface area contributed by atoms with Crippen molar-refractivity contribution in [3.05, 3.63) is 60.2 Å². The van der Waals surface area contributed by atoms with Crippen LogP contribution in [0.1, 0.15) is 65.4 Å². The van der Waals surface area contributed by atoms with Crippen LogP contribution < -0.4 is 5.73 Å². The van der Waals surface area contributed by atoms with Crippen LogP contribution in [0.25, 0.3) is 11.1 Å². The molecule has 0 radical (unpaired) electrons. The van der Waals surface area contributed by atoms with Crippen molar-refractivity contribution in [2.24, 2.45) is 5.73 Å². The molecule has 1 fully saturated rings. The first kappa shape index (κ1) is 25.5. The number of carbonyl (C=O) groups is 1. The summed E-state index contributed by atoms with van der Waals surface area (Å²) < 4.78 is 0. The van der Waals surface area contributed by atoms with E-state index < -0.39 is 5.41 Å². The molecule has 1 amide bonds. The molecule has 2 aromatic rings. The lowest BCUT2D eigenvalue weighted by Crippen LogP contribution is -2.48. The third-order valence-electron chi connectivity index (χ3n) is 7.44. The predicted octanol–water partition coefficient (Wildman–Crippen LogP) is 5.46. The van der Waals surface area contributed by atoms with E-state index in [0.29, 0.717) is 12.1 Å². The molecule has 4 heteroatoms. The number of hydrogen-bond acceptors (Lipinski definition) is 3. The Morgan fingerprint density at radius 3 is 2.00 bits per heavy atom. The minimum atomic E-state index is -0.658. The molecule has 1 aliphatic heterocycles. The summed E-state index contributed by atoms with van der Waals surface area (Å²) in [6.45, 7) is 13.0. The SMILES string of the molecule is CC(C)N(CCC(CCN1CCCCC1)(C(N)=O)c1ccc(-c2ccccc2)cc1)C(C)C. The Kier molecular flexibility index (Phi) is 9.10. The molecular weight excluding hydrogens is 406 g/mol. The van der Waals surface area contributed by atoms with Crippen molar-refractivity contribution in [1.29, 1.82) is 0 Å². The minimum absolute atomic E-state index is 0.195. The molecule has 1 heterocycles. The maximum atomic E-state index is 13.2. The van der Waals surface area contributed by atoms with Gasteiger partial charge in [0.25, 0.3) is 0 Å². The van der Waals surface area contributed by atoms with Crippen LogP contribution in [0.2, 0.25) is 0 Å². The van der Waals surface area contributed by atoms with Crippen molar-refractivity contribution < 1.29 is 4.79 Å². The first-order valence-corrected chi connectivity index (χ1v) is 12.8. The molecule has 180 valence electrons. The number of nitrogens with two attached hydrogens (primary N) is 1. The zero-order chi connectivity index (χ0) is 23.8. The van der Waals surface area contributed by atoms with Crippen molar-refractivity contribution in [1.82, 2.24) is 9.80 Å². The molecule has 0 bridgehead atoms. The summed E-state index contributed by atoms with van der Waals surface area (Å²) in [5.74, 6) is -0.195. The average molecular weight is 450 g/mol. The van der Waals surface area contributed by atoms with Crippen LogP contribution in [0.3, 0.4) is 0 Å². The molecule has 1 atom stereocenters. The fourth-order valence-corrected chi connectivity index (χ4v) is 5.38. The van der Waals surface area contributed by atoms with E-state index in [4.69, 9.17) is 5.73 Å². The van der Waals surface area contributed by atoms with E-state index in [-0.39, 0.29) is 5.91 Å². The largest absolute Gasteiger partial charge is 0.369 e. The van der Waals surface area contributed by atoms with E-state index in [1.54, 1.807) is 0 Å². The molecule has 33 heavy (non-hydrogen) atoms. The molecule has 2 N–H and O–H groups in total. The molecule has 4 nitrogen and oxygen atoms in total. The monoisotopic (exact) mass is 449 g/mol. The molecule has 0 aromatic heterocycles. The fourth-order valence-electron chi connectivity index (χ4n) is 5.38. The normalized spacial score (nSPS) is 16.9. The van der Waals surface area contributed by atoms with Crippen LogP contribution in [0, 0.1) is 0 Å². The number of primary amides is 1. The number of amides is 1. The van der Waals surface area contributed by atoms with Gasteiger partial charge in [0.15, 0.2) is 0 Å². The Morgan fingerprint density at radius 2 is 1.45 bits per heavy atom. The van der Waals surface area contributed by atoms with Crippen LogP contribution in [-0.2, 0) is 10.2 Å². The zero-order valence-electron chi connectivity index (χ0n) is 21.1. The van der Waals surface area contributed by atoms with Gasteiger partial charge in [-0.1, -0.05) is 61.0 Å². The highest BCUT2D eigenvalue weighted by atomic mass is 16.1. The number of carbonyl (C=O) groups excluding carboxylic acids is 1. The van der Waals surface area contributed by atoms with Gasteiger partial charge in [0.1, 0.15) is 0 Å². The maximum Gasteiger partial charge on any atom is 0.228 e. The van der Waals surface area contributed by atoms with Gasteiger partial charge >= 0.3 is 0 Å².